The molecule has 0 aliphatic rings. The molecule has 0 bridgehead atoms. The third-order valence-electron chi connectivity index (χ3n) is 3.29. The number of nitrogens with one attached hydrogen (secondary N) is 1. The van der Waals surface area contributed by atoms with E-state index in [0.29, 0.717) is 6.54 Å². The van der Waals surface area contributed by atoms with Crippen LogP contribution in [0.1, 0.15) is 30.6 Å². The SMILES string of the molecule is C#CCNC(=O)CC(=O)N(CC)CC(O)c1ccc(C)cc1. The number of aliphatic hydroxyl groups is 1. The Labute approximate surface area is 131 Å². The number of benzene rings is 1. The maximum atomic E-state index is 12.1. The lowest BCUT2D eigenvalue weighted by Gasteiger charge is -2.24. The smallest absolute Gasteiger partial charge is 0.232 e. The summed E-state index contributed by atoms with van der Waals surface area (Å²) in [6.07, 6.45) is 3.99. The molecule has 118 valence electrons. The molecular weight excluding hydrogens is 280 g/mol. The minimum absolute atomic E-state index is 0.101. The molecule has 0 saturated carbocycles. The van der Waals surface area contributed by atoms with Crippen molar-refractivity contribution in [2.75, 3.05) is 19.6 Å². The molecule has 0 fully saturated rings. The lowest BCUT2D eigenvalue weighted by Crippen LogP contribution is -2.38. The van der Waals surface area contributed by atoms with Crippen LogP contribution in [0.3, 0.4) is 0 Å². The van der Waals surface area contributed by atoms with Gasteiger partial charge in [0.05, 0.1) is 19.2 Å². The third kappa shape index (κ3) is 5.58. The first-order valence-electron chi connectivity index (χ1n) is 7.20. The van der Waals surface area contributed by atoms with E-state index in [1.807, 2.05) is 31.2 Å². The zero-order valence-electron chi connectivity index (χ0n) is 13.0. The summed E-state index contributed by atoms with van der Waals surface area (Å²) >= 11 is 0. The largest absolute Gasteiger partial charge is 0.387 e. The number of aryl methyl sites for hydroxylation is 1. The van der Waals surface area contributed by atoms with Gasteiger partial charge in [0.2, 0.25) is 11.8 Å². The molecule has 5 heteroatoms. The Morgan fingerprint density at radius 2 is 2.00 bits per heavy atom. The first-order chi connectivity index (χ1) is 10.5. The molecule has 0 aliphatic heterocycles. The monoisotopic (exact) mass is 302 g/mol. The van der Waals surface area contributed by atoms with Crippen LogP contribution in [-0.2, 0) is 9.59 Å². The number of hydrogen-bond donors (Lipinski definition) is 2. The highest BCUT2D eigenvalue weighted by molar-refractivity contribution is 5.96. The van der Waals surface area contributed by atoms with Gasteiger partial charge < -0.3 is 15.3 Å². The summed E-state index contributed by atoms with van der Waals surface area (Å²) in [5, 5.41) is 12.7. The van der Waals surface area contributed by atoms with E-state index in [1.165, 1.54) is 4.90 Å². The average molecular weight is 302 g/mol. The number of nitrogens with zero attached hydrogens (tertiary/aromatic N) is 1. The summed E-state index contributed by atoms with van der Waals surface area (Å²) in [5.74, 6) is 1.54. The van der Waals surface area contributed by atoms with Gasteiger partial charge in [-0.15, -0.1) is 6.42 Å². The van der Waals surface area contributed by atoms with Crippen molar-refractivity contribution in [2.24, 2.45) is 0 Å². The fourth-order valence-electron chi connectivity index (χ4n) is 1.97. The number of aliphatic hydroxyl groups excluding tert-OH is 1. The van der Waals surface area contributed by atoms with E-state index >= 15 is 0 Å². The van der Waals surface area contributed by atoms with Gasteiger partial charge in [-0.1, -0.05) is 35.7 Å². The minimum atomic E-state index is -0.779. The Kier molecular flexibility index (Phi) is 7.14. The summed E-state index contributed by atoms with van der Waals surface area (Å²) in [6.45, 7) is 4.45. The van der Waals surface area contributed by atoms with Gasteiger partial charge >= 0.3 is 0 Å². The van der Waals surface area contributed by atoms with E-state index in [-0.39, 0.29) is 25.4 Å². The topological polar surface area (TPSA) is 69.6 Å². The second kappa shape index (κ2) is 8.85. The van der Waals surface area contributed by atoms with Crippen molar-refractivity contribution in [3.8, 4) is 12.3 Å². The molecule has 5 nitrogen and oxygen atoms in total. The van der Waals surface area contributed by atoms with Crippen molar-refractivity contribution in [3.05, 3.63) is 35.4 Å². The van der Waals surface area contributed by atoms with E-state index in [9.17, 15) is 14.7 Å². The van der Waals surface area contributed by atoms with Gasteiger partial charge in [0, 0.05) is 6.54 Å². The Bertz CT molecular complexity index is 546. The van der Waals surface area contributed by atoms with Crippen LogP contribution in [0.25, 0.3) is 0 Å². The standard InChI is InChI=1S/C17H22N2O3/c1-4-10-18-16(21)11-17(22)19(5-2)12-15(20)14-8-6-13(3)7-9-14/h1,6-9,15,20H,5,10-12H2,2-3H3,(H,18,21). The molecule has 2 N–H and O–H groups in total. The van der Waals surface area contributed by atoms with Crippen molar-refractivity contribution in [1.29, 1.82) is 0 Å². The second-order valence-corrected chi connectivity index (χ2v) is 5.02. The number of likely N-dealkylation sites (N-methyl/N-ethyl adjacent to an activating group) is 1. The third-order valence-corrected chi connectivity index (χ3v) is 3.29. The maximum Gasteiger partial charge on any atom is 0.232 e. The molecule has 0 spiro atoms. The fraction of sp³-hybridized carbons (Fsp3) is 0.412. The van der Waals surface area contributed by atoms with Crippen LogP contribution in [-0.4, -0.2) is 41.5 Å². The van der Waals surface area contributed by atoms with Gasteiger partial charge in [-0.2, -0.15) is 0 Å². The minimum Gasteiger partial charge on any atom is -0.387 e. The lowest BCUT2D eigenvalue weighted by molar-refractivity contribution is -0.137. The summed E-state index contributed by atoms with van der Waals surface area (Å²) < 4.78 is 0. The zero-order valence-corrected chi connectivity index (χ0v) is 13.0. The van der Waals surface area contributed by atoms with Gasteiger partial charge in [0.15, 0.2) is 0 Å². The summed E-state index contributed by atoms with van der Waals surface area (Å²) in [6, 6.07) is 7.48. The molecule has 1 aromatic rings. The van der Waals surface area contributed by atoms with E-state index in [2.05, 4.69) is 11.2 Å². The Hall–Kier alpha value is -2.32. The number of rotatable bonds is 7. The van der Waals surface area contributed by atoms with E-state index in [4.69, 9.17) is 6.42 Å². The van der Waals surface area contributed by atoms with Gasteiger partial charge in [0.25, 0.3) is 0 Å². The molecule has 0 saturated heterocycles. The van der Waals surface area contributed by atoms with Crippen molar-refractivity contribution in [2.45, 2.75) is 26.4 Å². The Balaban J connectivity index is 2.60. The molecule has 0 aliphatic carbocycles. The van der Waals surface area contributed by atoms with Crippen LogP contribution in [0.2, 0.25) is 0 Å². The summed E-state index contributed by atoms with van der Waals surface area (Å²) in [5.41, 5.74) is 1.85. The summed E-state index contributed by atoms with van der Waals surface area (Å²) in [4.78, 5) is 25.0. The van der Waals surface area contributed by atoms with Crippen LogP contribution >= 0.6 is 0 Å². The van der Waals surface area contributed by atoms with Crippen molar-refractivity contribution >= 4 is 11.8 Å². The maximum absolute atomic E-state index is 12.1. The highest BCUT2D eigenvalue weighted by Gasteiger charge is 2.19. The van der Waals surface area contributed by atoms with Gasteiger partial charge in [-0.05, 0) is 19.4 Å². The van der Waals surface area contributed by atoms with E-state index in [0.717, 1.165) is 11.1 Å². The Morgan fingerprint density at radius 3 is 2.55 bits per heavy atom. The van der Waals surface area contributed by atoms with Crippen LogP contribution in [0, 0.1) is 19.3 Å². The highest BCUT2D eigenvalue weighted by Crippen LogP contribution is 2.15. The molecular formula is C17H22N2O3. The quantitative estimate of drug-likeness (QED) is 0.583. The highest BCUT2D eigenvalue weighted by atomic mass is 16.3. The molecule has 0 radical (unpaired) electrons. The second-order valence-electron chi connectivity index (χ2n) is 5.02. The number of terminal acetylenes is 1. The first-order valence-corrected chi connectivity index (χ1v) is 7.20. The first kappa shape index (κ1) is 17.7. The predicted molar refractivity (Wildman–Crippen MR) is 84.9 cm³/mol. The molecule has 0 aromatic heterocycles. The van der Waals surface area contributed by atoms with Gasteiger partial charge in [-0.3, -0.25) is 9.59 Å². The molecule has 1 atom stereocenters. The fourth-order valence-corrected chi connectivity index (χ4v) is 1.97. The molecule has 0 heterocycles. The molecule has 22 heavy (non-hydrogen) atoms. The van der Waals surface area contributed by atoms with E-state index < -0.39 is 12.0 Å². The average Bonchev–Trinajstić information content (AvgIpc) is 2.50. The molecule has 1 unspecified atom stereocenters. The van der Waals surface area contributed by atoms with Gasteiger partial charge in [-0.25, -0.2) is 0 Å². The van der Waals surface area contributed by atoms with Crippen LogP contribution in [0.15, 0.2) is 24.3 Å². The lowest BCUT2D eigenvalue weighted by atomic mass is 10.1. The van der Waals surface area contributed by atoms with Crippen molar-refractivity contribution in [3.63, 3.8) is 0 Å². The normalized spacial score (nSPS) is 11.4. The molecule has 2 amide bonds. The van der Waals surface area contributed by atoms with Crippen molar-refractivity contribution in [1.82, 2.24) is 10.2 Å². The predicted octanol–water partition coefficient (Wildman–Crippen LogP) is 1.02. The number of carbonyl (C=O) groups is 2. The van der Waals surface area contributed by atoms with Gasteiger partial charge in [0.1, 0.15) is 6.42 Å². The van der Waals surface area contributed by atoms with Crippen LogP contribution < -0.4 is 5.32 Å². The van der Waals surface area contributed by atoms with E-state index in [1.54, 1.807) is 6.92 Å². The van der Waals surface area contributed by atoms with Crippen molar-refractivity contribution < 1.29 is 14.7 Å². The number of amides is 2. The molecule has 1 rings (SSSR count). The zero-order chi connectivity index (χ0) is 16.5. The van der Waals surface area contributed by atoms with Crippen LogP contribution in [0.5, 0.6) is 0 Å². The number of hydrogen-bond acceptors (Lipinski definition) is 3. The summed E-state index contributed by atoms with van der Waals surface area (Å²) in [7, 11) is 0. The Morgan fingerprint density at radius 1 is 1.36 bits per heavy atom. The number of carbonyl (C=O) groups excluding carboxylic acids is 2. The molecule has 1 aromatic carbocycles. The van der Waals surface area contributed by atoms with Crippen LogP contribution in [0.4, 0.5) is 0 Å².